The summed E-state index contributed by atoms with van der Waals surface area (Å²) in [6.45, 7) is 6.16. The van der Waals surface area contributed by atoms with E-state index in [9.17, 15) is 15.3 Å². The quantitative estimate of drug-likeness (QED) is 0.285. The van der Waals surface area contributed by atoms with Gasteiger partial charge in [-0.25, -0.2) is 0 Å². The standard InChI is InChI=1S/C14H14N2O3S.BrH/c1-3-6-16-13(20-9(2)15-16)5-4-10-7-11(17)8-12(18)14(10)19;/h3-5,7-8,17-18H,1,6H2,2H3;1H. The molecule has 0 bridgehead atoms. The van der Waals surface area contributed by atoms with Gasteiger partial charge in [-0.05, 0) is 36.5 Å². The lowest BCUT2D eigenvalue weighted by Gasteiger charge is -2.02. The van der Waals surface area contributed by atoms with E-state index in [1.807, 2.05) is 6.92 Å². The number of nitrogens with zero attached hydrogens (tertiary/aromatic N) is 2. The summed E-state index contributed by atoms with van der Waals surface area (Å²) in [7, 11) is 0. The van der Waals surface area contributed by atoms with Crippen LogP contribution in [0.2, 0.25) is 0 Å². The van der Waals surface area contributed by atoms with Crippen molar-refractivity contribution >= 4 is 23.5 Å². The number of phenolic OH excluding ortho intramolecular Hbond substituents is 3. The van der Waals surface area contributed by atoms with Gasteiger partial charge in [0.15, 0.2) is 23.1 Å². The number of rotatable bonds is 4. The lowest BCUT2D eigenvalue weighted by atomic mass is 10.1. The van der Waals surface area contributed by atoms with Crippen molar-refractivity contribution in [1.82, 2.24) is 5.10 Å². The van der Waals surface area contributed by atoms with E-state index in [0.717, 1.165) is 16.1 Å². The number of halogens is 1. The zero-order valence-corrected chi connectivity index (χ0v) is 13.7. The first kappa shape index (κ1) is 17.2. The van der Waals surface area contributed by atoms with E-state index < -0.39 is 0 Å². The fourth-order valence-corrected chi connectivity index (χ4v) is 2.53. The minimum Gasteiger partial charge on any atom is -1.00 e. The third kappa shape index (κ3) is 4.05. The first-order valence-electron chi connectivity index (χ1n) is 5.92. The van der Waals surface area contributed by atoms with Gasteiger partial charge < -0.3 is 32.3 Å². The normalized spacial score (nSPS) is 10.5. The van der Waals surface area contributed by atoms with Gasteiger partial charge in [0.25, 0.3) is 5.01 Å². The number of allylic oxidation sites excluding steroid dienone is 1. The molecule has 0 aliphatic heterocycles. The van der Waals surface area contributed by atoms with Gasteiger partial charge in [-0.2, -0.15) is 0 Å². The highest BCUT2D eigenvalue weighted by atomic mass is 79.9. The van der Waals surface area contributed by atoms with Gasteiger partial charge in [-0.3, -0.25) is 0 Å². The molecule has 1 aromatic carbocycles. The highest BCUT2D eigenvalue weighted by Crippen LogP contribution is 2.34. The molecule has 7 heteroatoms. The maximum Gasteiger partial charge on any atom is 0.289 e. The molecular formula is C14H15BrN2O3S. The Morgan fingerprint density at radius 2 is 2.00 bits per heavy atom. The van der Waals surface area contributed by atoms with Crippen LogP contribution in [0.5, 0.6) is 17.2 Å². The van der Waals surface area contributed by atoms with Gasteiger partial charge in [-0.15, -0.1) is 0 Å². The summed E-state index contributed by atoms with van der Waals surface area (Å²) in [5, 5.41) is 34.7. The molecule has 5 nitrogen and oxygen atoms in total. The number of aromatic hydroxyl groups is 3. The monoisotopic (exact) mass is 370 g/mol. The SMILES string of the molecule is C=CC[n+]1nc(C)sc1/C=C/c1cc(O)cc(O)c1O.[Br-]. The second-order valence-electron chi connectivity index (χ2n) is 4.17. The molecule has 0 fully saturated rings. The average molecular weight is 371 g/mol. The van der Waals surface area contributed by atoms with Crippen molar-refractivity contribution in [3.8, 4) is 17.2 Å². The predicted octanol–water partition coefficient (Wildman–Crippen LogP) is -0.784. The van der Waals surface area contributed by atoms with Gasteiger partial charge >= 0.3 is 0 Å². The van der Waals surface area contributed by atoms with Crippen LogP contribution in [-0.2, 0) is 6.54 Å². The molecule has 2 aromatic rings. The predicted molar refractivity (Wildman–Crippen MR) is 77.6 cm³/mol. The summed E-state index contributed by atoms with van der Waals surface area (Å²) in [5.41, 5.74) is 0.332. The molecule has 0 saturated carbocycles. The number of hydrogen-bond acceptors (Lipinski definition) is 5. The summed E-state index contributed by atoms with van der Waals surface area (Å²) >= 11 is 1.50. The number of phenols is 3. The molecule has 112 valence electrons. The molecular weight excluding hydrogens is 356 g/mol. The van der Waals surface area contributed by atoms with E-state index in [4.69, 9.17) is 0 Å². The minimum absolute atomic E-state index is 0. The largest absolute Gasteiger partial charge is 1.00 e. The van der Waals surface area contributed by atoms with Crippen molar-refractivity contribution in [2.75, 3.05) is 0 Å². The molecule has 0 aliphatic rings. The lowest BCUT2D eigenvalue weighted by Crippen LogP contribution is -3.00. The molecule has 21 heavy (non-hydrogen) atoms. The molecule has 0 spiro atoms. The average Bonchev–Trinajstić information content (AvgIpc) is 2.73. The maximum absolute atomic E-state index is 9.73. The van der Waals surface area contributed by atoms with Gasteiger partial charge in [0.1, 0.15) is 5.75 Å². The van der Waals surface area contributed by atoms with Crippen LogP contribution in [0.3, 0.4) is 0 Å². The summed E-state index contributed by atoms with van der Waals surface area (Å²) in [4.78, 5) is 0. The highest BCUT2D eigenvalue weighted by Gasteiger charge is 2.14. The van der Waals surface area contributed by atoms with Crippen LogP contribution in [-0.4, -0.2) is 20.4 Å². The van der Waals surface area contributed by atoms with E-state index in [-0.39, 0.29) is 34.2 Å². The van der Waals surface area contributed by atoms with E-state index in [1.165, 1.54) is 17.4 Å². The Morgan fingerprint density at radius 3 is 2.67 bits per heavy atom. The fourth-order valence-electron chi connectivity index (χ4n) is 1.73. The molecule has 0 saturated heterocycles. The molecule has 0 amide bonds. The molecule has 1 aromatic heterocycles. The number of benzene rings is 1. The third-order valence-corrected chi connectivity index (χ3v) is 3.51. The van der Waals surface area contributed by atoms with Crippen molar-refractivity contribution in [3.63, 3.8) is 0 Å². The Labute approximate surface area is 136 Å². The molecule has 1 heterocycles. The van der Waals surface area contributed by atoms with Crippen molar-refractivity contribution in [2.45, 2.75) is 13.5 Å². The third-order valence-electron chi connectivity index (χ3n) is 2.58. The van der Waals surface area contributed by atoms with Crippen LogP contribution in [0.4, 0.5) is 0 Å². The first-order valence-corrected chi connectivity index (χ1v) is 6.74. The Kier molecular flexibility index (Phi) is 5.92. The van der Waals surface area contributed by atoms with Crippen LogP contribution < -0.4 is 21.7 Å². The lowest BCUT2D eigenvalue weighted by molar-refractivity contribution is -0.741. The number of aromatic nitrogens is 2. The Balaban J connectivity index is 0.00000220. The van der Waals surface area contributed by atoms with Crippen molar-refractivity contribution in [1.29, 1.82) is 0 Å². The summed E-state index contributed by atoms with van der Waals surface area (Å²) in [6, 6.07) is 2.46. The Morgan fingerprint density at radius 1 is 1.29 bits per heavy atom. The van der Waals surface area contributed by atoms with E-state index in [2.05, 4.69) is 11.7 Å². The Hall–Kier alpha value is -1.86. The Bertz CT molecular complexity index is 683. The number of hydrogen-bond donors (Lipinski definition) is 3. The van der Waals surface area contributed by atoms with Gasteiger partial charge in [0.05, 0.1) is 0 Å². The number of aryl methyl sites for hydroxylation is 1. The zero-order valence-electron chi connectivity index (χ0n) is 11.3. The summed E-state index contributed by atoms with van der Waals surface area (Å²) in [6.07, 6.45) is 5.12. The highest BCUT2D eigenvalue weighted by molar-refractivity contribution is 7.11. The fraction of sp³-hybridized carbons (Fsp3) is 0.143. The van der Waals surface area contributed by atoms with Crippen LogP contribution in [0.25, 0.3) is 12.2 Å². The van der Waals surface area contributed by atoms with E-state index >= 15 is 0 Å². The topological polar surface area (TPSA) is 77.5 Å². The van der Waals surface area contributed by atoms with Crippen LogP contribution in [0.15, 0.2) is 24.8 Å². The molecule has 0 atom stereocenters. The van der Waals surface area contributed by atoms with Crippen LogP contribution in [0, 0.1) is 6.92 Å². The summed E-state index contributed by atoms with van der Waals surface area (Å²) < 4.78 is 1.78. The molecule has 0 aliphatic carbocycles. The van der Waals surface area contributed by atoms with Crippen molar-refractivity contribution < 1.29 is 37.0 Å². The smallest absolute Gasteiger partial charge is 0.289 e. The van der Waals surface area contributed by atoms with Crippen LogP contribution in [0.1, 0.15) is 15.6 Å². The molecule has 2 rings (SSSR count). The molecule has 3 N–H and O–H groups in total. The zero-order chi connectivity index (χ0) is 14.7. The maximum atomic E-state index is 9.73. The minimum atomic E-state index is -0.357. The van der Waals surface area contributed by atoms with Crippen LogP contribution >= 0.6 is 11.3 Å². The second kappa shape index (κ2) is 7.24. The van der Waals surface area contributed by atoms with Gasteiger partial charge in [-0.1, -0.05) is 11.3 Å². The van der Waals surface area contributed by atoms with Crippen molar-refractivity contribution in [3.05, 3.63) is 40.4 Å². The van der Waals surface area contributed by atoms with Crippen molar-refractivity contribution in [2.24, 2.45) is 0 Å². The van der Waals surface area contributed by atoms with E-state index in [1.54, 1.807) is 22.9 Å². The van der Waals surface area contributed by atoms with Gasteiger partial charge in [0, 0.05) is 22.8 Å². The molecule has 0 unspecified atom stereocenters. The summed E-state index contributed by atoms with van der Waals surface area (Å²) in [5.74, 6) is -0.737. The van der Waals surface area contributed by atoms with Gasteiger partial charge in [0.2, 0.25) is 0 Å². The second-order valence-corrected chi connectivity index (χ2v) is 5.38. The van der Waals surface area contributed by atoms with E-state index in [0.29, 0.717) is 12.1 Å². The first-order chi connectivity index (χ1) is 9.51. The molecule has 0 radical (unpaired) electrons.